The van der Waals surface area contributed by atoms with Crippen LogP contribution in [-0.4, -0.2) is 25.1 Å². The minimum absolute atomic E-state index is 0.843. The lowest BCUT2D eigenvalue weighted by molar-refractivity contribution is 0.696. The summed E-state index contributed by atoms with van der Waals surface area (Å²) >= 11 is 0. The highest BCUT2D eigenvalue weighted by atomic mass is 15.1. The van der Waals surface area contributed by atoms with E-state index in [9.17, 15) is 0 Å². The number of aromatic nitrogens is 5. The summed E-state index contributed by atoms with van der Waals surface area (Å²) in [6.45, 7) is 2.20. The Balaban J connectivity index is 1.67. The maximum Gasteiger partial charge on any atom is 0.143 e. The number of rotatable bonds is 6. The van der Waals surface area contributed by atoms with Crippen LogP contribution >= 0.6 is 0 Å². The molecule has 3 heterocycles. The number of unbranched alkanes of at least 4 members (excludes halogenated alkanes) is 2. The van der Waals surface area contributed by atoms with Crippen molar-refractivity contribution in [3.05, 3.63) is 42.5 Å². The van der Waals surface area contributed by atoms with E-state index < -0.39 is 0 Å². The number of benzene rings is 1. The molecule has 0 unspecified atom stereocenters. The van der Waals surface area contributed by atoms with Gasteiger partial charge in [-0.3, -0.25) is 5.10 Å². The third kappa shape index (κ3) is 2.82. The predicted octanol–water partition coefficient (Wildman–Crippen LogP) is 4.31. The molecule has 3 aromatic heterocycles. The molecule has 0 fully saturated rings. The van der Waals surface area contributed by atoms with E-state index in [1.54, 1.807) is 0 Å². The average Bonchev–Trinajstić information content (AvgIpc) is 3.23. The van der Waals surface area contributed by atoms with Gasteiger partial charge in [-0.1, -0.05) is 19.8 Å². The molecule has 0 aliphatic heterocycles. The Kier molecular flexibility index (Phi) is 3.86. The number of anilines is 2. The van der Waals surface area contributed by atoms with E-state index in [1.165, 1.54) is 12.8 Å². The molecule has 0 aliphatic carbocycles. The van der Waals surface area contributed by atoms with Crippen molar-refractivity contribution in [1.82, 2.24) is 25.1 Å². The van der Waals surface area contributed by atoms with Crippen LogP contribution in [0.5, 0.6) is 0 Å². The SMILES string of the molecule is CCCCCc1nc(Nc2ccc3[nH]ncc3c2)c2cc[nH]c2n1. The van der Waals surface area contributed by atoms with Gasteiger partial charge in [-0.25, -0.2) is 9.97 Å². The molecule has 1 aromatic carbocycles. The first-order valence-electron chi connectivity index (χ1n) is 8.37. The molecule has 0 bridgehead atoms. The van der Waals surface area contributed by atoms with Gasteiger partial charge in [0.1, 0.15) is 17.3 Å². The molecule has 3 N–H and O–H groups in total. The normalized spacial score (nSPS) is 11.4. The van der Waals surface area contributed by atoms with Gasteiger partial charge in [0.25, 0.3) is 0 Å². The van der Waals surface area contributed by atoms with Crippen LogP contribution in [-0.2, 0) is 6.42 Å². The minimum Gasteiger partial charge on any atom is -0.346 e. The van der Waals surface area contributed by atoms with Crippen LogP contribution in [0.4, 0.5) is 11.5 Å². The van der Waals surface area contributed by atoms with E-state index >= 15 is 0 Å². The van der Waals surface area contributed by atoms with Crippen LogP contribution in [0, 0.1) is 0 Å². The Morgan fingerprint density at radius 1 is 1.12 bits per heavy atom. The van der Waals surface area contributed by atoms with Crippen molar-refractivity contribution in [2.75, 3.05) is 5.32 Å². The van der Waals surface area contributed by atoms with E-state index in [-0.39, 0.29) is 0 Å². The van der Waals surface area contributed by atoms with E-state index in [2.05, 4.69) is 38.5 Å². The molecule has 0 aliphatic rings. The standard InChI is InChI=1S/C18H20N6/c1-2-3-4-5-16-22-17-14(8-9-19-17)18(23-16)21-13-6-7-15-12(10-13)11-20-24-15/h6-11H,2-5H2,1H3,(H,20,24)(H2,19,21,22,23). The fourth-order valence-electron chi connectivity index (χ4n) is 2.88. The molecule has 0 saturated heterocycles. The van der Waals surface area contributed by atoms with Gasteiger partial charge in [0, 0.05) is 23.7 Å². The van der Waals surface area contributed by atoms with E-state index in [0.717, 1.165) is 52.1 Å². The summed E-state index contributed by atoms with van der Waals surface area (Å²) in [6.07, 6.45) is 8.14. The number of hydrogen-bond donors (Lipinski definition) is 3. The Morgan fingerprint density at radius 2 is 2.08 bits per heavy atom. The summed E-state index contributed by atoms with van der Waals surface area (Å²) in [5.74, 6) is 1.72. The number of fused-ring (bicyclic) bond motifs is 2. The quantitative estimate of drug-likeness (QED) is 0.462. The summed E-state index contributed by atoms with van der Waals surface area (Å²) < 4.78 is 0. The van der Waals surface area contributed by atoms with E-state index in [1.807, 2.05) is 30.6 Å². The lowest BCUT2D eigenvalue weighted by Gasteiger charge is -2.09. The highest BCUT2D eigenvalue weighted by Gasteiger charge is 2.09. The fraction of sp³-hybridized carbons (Fsp3) is 0.278. The van der Waals surface area contributed by atoms with Crippen LogP contribution < -0.4 is 5.32 Å². The third-order valence-electron chi connectivity index (χ3n) is 4.17. The second-order valence-corrected chi connectivity index (χ2v) is 5.98. The highest BCUT2D eigenvalue weighted by Crippen LogP contribution is 2.25. The molecule has 0 amide bonds. The molecule has 0 spiro atoms. The van der Waals surface area contributed by atoms with Crippen molar-refractivity contribution in [3.63, 3.8) is 0 Å². The molecule has 0 radical (unpaired) electrons. The zero-order valence-electron chi connectivity index (χ0n) is 13.6. The van der Waals surface area contributed by atoms with Crippen molar-refractivity contribution in [1.29, 1.82) is 0 Å². The third-order valence-corrected chi connectivity index (χ3v) is 4.17. The van der Waals surface area contributed by atoms with Gasteiger partial charge < -0.3 is 10.3 Å². The number of nitrogens with zero attached hydrogens (tertiary/aromatic N) is 3. The smallest absolute Gasteiger partial charge is 0.143 e. The van der Waals surface area contributed by atoms with Crippen molar-refractivity contribution < 1.29 is 0 Å². The summed E-state index contributed by atoms with van der Waals surface area (Å²) in [5.41, 5.74) is 2.89. The molecule has 122 valence electrons. The molecule has 6 heteroatoms. The zero-order valence-corrected chi connectivity index (χ0v) is 13.6. The number of hydrogen-bond acceptors (Lipinski definition) is 4. The Morgan fingerprint density at radius 3 is 3.00 bits per heavy atom. The fourth-order valence-corrected chi connectivity index (χ4v) is 2.88. The van der Waals surface area contributed by atoms with Crippen LogP contribution in [0.25, 0.3) is 21.9 Å². The van der Waals surface area contributed by atoms with Crippen molar-refractivity contribution in [2.45, 2.75) is 32.6 Å². The molecular formula is C18H20N6. The van der Waals surface area contributed by atoms with Gasteiger partial charge in [-0.2, -0.15) is 5.10 Å². The van der Waals surface area contributed by atoms with Gasteiger partial charge in [-0.05, 0) is 30.7 Å². The second-order valence-electron chi connectivity index (χ2n) is 5.98. The summed E-state index contributed by atoms with van der Waals surface area (Å²) in [5, 5.41) is 12.5. The van der Waals surface area contributed by atoms with Gasteiger partial charge in [0.2, 0.25) is 0 Å². The molecule has 4 rings (SSSR count). The molecular weight excluding hydrogens is 300 g/mol. The van der Waals surface area contributed by atoms with Crippen LogP contribution in [0.1, 0.15) is 32.0 Å². The van der Waals surface area contributed by atoms with Gasteiger partial charge in [-0.15, -0.1) is 0 Å². The number of aryl methyl sites for hydroxylation is 1. The molecule has 0 saturated carbocycles. The van der Waals surface area contributed by atoms with E-state index in [0.29, 0.717) is 0 Å². The number of aromatic amines is 2. The Labute approximate surface area is 139 Å². The van der Waals surface area contributed by atoms with Crippen LogP contribution in [0.15, 0.2) is 36.7 Å². The second kappa shape index (κ2) is 6.31. The number of nitrogens with one attached hydrogen (secondary N) is 3. The van der Waals surface area contributed by atoms with Crippen molar-refractivity contribution in [2.24, 2.45) is 0 Å². The van der Waals surface area contributed by atoms with Gasteiger partial charge >= 0.3 is 0 Å². The summed E-state index contributed by atoms with van der Waals surface area (Å²) in [4.78, 5) is 12.6. The lowest BCUT2D eigenvalue weighted by Crippen LogP contribution is -2.01. The molecule has 0 atom stereocenters. The lowest BCUT2D eigenvalue weighted by atomic mass is 10.2. The molecule has 24 heavy (non-hydrogen) atoms. The highest BCUT2D eigenvalue weighted by molar-refractivity contribution is 5.90. The minimum atomic E-state index is 0.843. The molecule has 4 aromatic rings. The first kappa shape index (κ1) is 14.7. The molecule has 6 nitrogen and oxygen atoms in total. The van der Waals surface area contributed by atoms with Crippen LogP contribution in [0.2, 0.25) is 0 Å². The van der Waals surface area contributed by atoms with Crippen LogP contribution in [0.3, 0.4) is 0 Å². The summed E-state index contributed by atoms with van der Waals surface area (Å²) in [6, 6.07) is 8.11. The van der Waals surface area contributed by atoms with Crippen molar-refractivity contribution >= 4 is 33.4 Å². The van der Waals surface area contributed by atoms with Crippen molar-refractivity contribution in [3.8, 4) is 0 Å². The topological polar surface area (TPSA) is 82.3 Å². The maximum atomic E-state index is 4.74. The first-order chi connectivity index (χ1) is 11.8. The van der Waals surface area contributed by atoms with Gasteiger partial charge in [0.05, 0.1) is 17.1 Å². The first-order valence-corrected chi connectivity index (χ1v) is 8.37. The largest absolute Gasteiger partial charge is 0.346 e. The average molecular weight is 320 g/mol. The zero-order chi connectivity index (χ0) is 16.4. The maximum absolute atomic E-state index is 4.74. The monoisotopic (exact) mass is 320 g/mol. The number of H-pyrrole nitrogens is 2. The van der Waals surface area contributed by atoms with Gasteiger partial charge in [0.15, 0.2) is 0 Å². The predicted molar refractivity (Wildman–Crippen MR) is 96.5 cm³/mol. The Hall–Kier alpha value is -2.89. The Bertz CT molecular complexity index is 968. The summed E-state index contributed by atoms with van der Waals surface area (Å²) in [7, 11) is 0. The van der Waals surface area contributed by atoms with E-state index in [4.69, 9.17) is 4.98 Å².